The largest absolute Gasteiger partial charge is 0.501 e. The van der Waals surface area contributed by atoms with Gasteiger partial charge in [0, 0.05) is 47.0 Å². The number of nitrogens with zero attached hydrogens (tertiary/aromatic N) is 3. The second kappa shape index (κ2) is 18.1. The molecule has 0 unspecified atom stereocenters. The molecule has 0 aliphatic rings. The van der Waals surface area contributed by atoms with Gasteiger partial charge < -0.3 is 14.0 Å². The molecule has 3 heterocycles. The maximum Gasteiger partial charge on any atom is 0.121 e. The monoisotopic (exact) mass is 1020 g/mol. The summed E-state index contributed by atoms with van der Waals surface area (Å²) in [6.07, 6.45) is 1.89. The van der Waals surface area contributed by atoms with Gasteiger partial charge in [0.2, 0.25) is 0 Å². The molecule has 0 saturated carbocycles. The van der Waals surface area contributed by atoms with Gasteiger partial charge in [-0.3, -0.25) is 4.98 Å². The summed E-state index contributed by atoms with van der Waals surface area (Å²) in [5.41, 5.74) is 12.9. The van der Waals surface area contributed by atoms with Gasteiger partial charge in [0.25, 0.3) is 0 Å². The summed E-state index contributed by atoms with van der Waals surface area (Å²) in [5, 5.41) is 3.19. The van der Waals surface area contributed by atoms with E-state index in [1.165, 1.54) is 28.1 Å². The normalized spacial score (nSPS) is 14.0. The molecule has 0 saturated heterocycles. The zero-order chi connectivity index (χ0) is 49.1. The molecule has 0 atom stereocenters. The Balaban J connectivity index is 0.000000240. The van der Waals surface area contributed by atoms with Crippen molar-refractivity contribution >= 4 is 46.2 Å². The number of imidazole rings is 1. The molecule has 1 radical (unpaired) electrons. The fourth-order valence-electron chi connectivity index (χ4n) is 8.14. The van der Waals surface area contributed by atoms with Gasteiger partial charge in [0.1, 0.15) is 5.58 Å². The second-order valence-electron chi connectivity index (χ2n) is 17.7. The number of pyridine rings is 1. The summed E-state index contributed by atoms with van der Waals surface area (Å²) in [6.45, 7) is 15.2. The first-order valence-electron chi connectivity index (χ1n) is 24.5. The summed E-state index contributed by atoms with van der Waals surface area (Å²) in [4.78, 5) is 9.76. The Kier molecular flexibility index (Phi) is 10.6. The number of para-hydroxylation sites is 3. The molecule has 62 heavy (non-hydrogen) atoms. The Bertz CT molecular complexity index is 3260. The van der Waals surface area contributed by atoms with Crippen LogP contribution in [0, 0.1) is 25.8 Å². The Morgan fingerprint density at radius 1 is 0.710 bits per heavy atom. The molecule has 0 bridgehead atoms. The van der Waals surface area contributed by atoms with Crippen molar-refractivity contribution in [1.29, 1.82) is 0 Å². The minimum Gasteiger partial charge on any atom is -0.501 e. The number of fused-ring (bicyclic) bond motifs is 4. The van der Waals surface area contributed by atoms with Crippen LogP contribution in [0.3, 0.4) is 0 Å². The van der Waals surface area contributed by atoms with Crippen molar-refractivity contribution < 1.29 is 34.1 Å². The summed E-state index contributed by atoms with van der Waals surface area (Å²) in [6, 6.07) is 45.4. The number of hydrogen-bond donors (Lipinski definition) is 0. The van der Waals surface area contributed by atoms with Crippen molar-refractivity contribution in [2.75, 3.05) is 0 Å². The van der Waals surface area contributed by atoms with E-state index in [9.17, 15) is 0 Å². The first-order chi connectivity index (χ1) is 31.9. The van der Waals surface area contributed by atoms with Crippen molar-refractivity contribution in [3.8, 4) is 39.5 Å². The van der Waals surface area contributed by atoms with Gasteiger partial charge in [-0.2, -0.15) is 0 Å². The molecule has 6 heteroatoms. The minimum absolute atomic E-state index is 0. The Hall–Kier alpha value is -5.39. The van der Waals surface area contributed by atoms with Gasteiger partial charge in [0.05, 0.1) is 30.5 Å². The number of benzene rings is 6. The molecule has 0 spiro atoms. The standard InChI is InChI=1S/C38H33N2O.C18H24NSi.Ir/c1-23(2)28-10-8-11-29(24(3)4)36(28)40-34-15-7-6-14-33(34)39-38(40)32-13-9-12-31-30-21-20-27(22-35(30)41-37(31)32)26-18-16-25(5)17-19-26;1-13(2)16-11-17(15-9-7-14(3)8-10-15)19-12-18(16)20(4,5)6;/h6-12,14-24H,1-5H3;7-9,11-13H,1-6H3;/q2*-1;/i5D3;3D3,13D;. The van der Waals surface area contributed by atoms with Crippen molar-refractivity contribution in [2.45, 2.75) is 92.6 Å². The Labute approximate surface area is 392 Å². The topological polar surface area (TPSA) is 43.9 Å². The zero-order valence-corrected chi connectivity index (χ0v) is 40.3. The molecule has 9 aromatic rings. The van der Waals surface area contributed by atoms with Crippen LogP contribution in [-0.4, -0.2) is 22.6 Å². The number of hydrogen-bond acceptors (Lipinski definition) is 3. The van der Waals surface area contributed by atoms with Crippen LogP contribution in [0.4, 0.5) is 0 Å². The Morgan fingerprint density at radius 2 is 1.40 bits per heavy atom. The number of aryl methyl sites for hydroxylation is 2. The van der Waals surface area contributed by atoms with E-state index in [4.69, 9.17) is 19.0 Å². The molecule has 0 amide bonds. The molecule has 9 rings (SSSR count). The van der Waals surface area contributed by atoms with Crippen LogP contribution < -0.4 is 5.19 Å². The molecular formula is C56H57IrN3OSi-2. The quantitative estimate of drug-likeness (QED) is 0.113. The summed E-state index contributed by atoms with van der Waals surface area (Å²) in [5.74, 6) is 0.713. The van der Waals surface area contributed by atoms with Gasteiger partial charge in [-0.05, 0) is 75.9 Å². The summed E-state index contributed by atoms with van der Waals surface area (Å²) < 4.78 is 62.8. The van der Waals surface area contributed by atoms with E-state index in [2.05, 4.69) is 118 Å². The fraction of sp³-hybridized carbons (Fsp3) is 0.250. The smallest absolute Gasteiger partial charge is 0.121 e. The maximum absolute atomic E-state index is 8.48. The first kappa shape index (κ1) is 36.1. The van der Waals surface area contributed by atoms with E-state index in [1.54, 1.807) is 24.3 Å². The van der Waals surface area contributed by atoms with E-state index < -0.39 is 27.7 Å². The minimum atomic E-state index is -2.13. The van der Waals surface area contributed by atoms with Crippen LogP contribution in [0.2, 0.25) is 19.6 Å². The van der Waals surface area contributed by atoms with E-state index in [0.717, 1.165) is 72.3 Å². The van der Waals surface area contributed by atoms with E-state index in [1.807, 2.05) is 62.5 Å². The van der Waals surface area contributed by atoms with Gasteiger partial charge in [-0.1, -0.05) is 163 Å². The van der Waals surface area contributed by atoms with Gasteiger partial charge in [-0.25, -0.2) is 0 Å². The number of aromatic nitrogens is 3. The third-order valence-electron chi connectivity index (χ3n) is 11.3. The molecule has 4 nitrogen and oxygen atoms in total. The summed E-state index contributed by atoms with van der Waals surface area (Å²) >= 11 is 0. The van der Waals surface area contributed by atoms with Crippen LogP contribution in [0.5, 0.6) is 0 Å². The van der Waals surface area contributed by atoms with E-state index >= 15 is 0 Å². The van der Waals surface area contributed by atoms with Crippen LogP contribution in [-0.2, 0) is 20.1 Å². The third-order valence-corrected chi connectivity index (χ3v) is 13.4. The van der Waals surface area contributed by atoms with Crippen LogP contribution >= 0.6 is 0 Å². The van der Waals surface area contributed by atoms with Crippen LogP contribution in [0.25, 0.3) is 72.4 Å². The van der Waals surface area contributed by atoms with Gasteiger partial charge >= 0.3 is 0 Å². The van der Waals surface area contributed by atoms with Gasteiger partial charge in [0.15, 0.2) is 0 Å². The zero-order valence-electron chi connectivity index (χ0n) is 43.9. The van der Waals surface area contributed by atoms with E-state index in [0.29, 0.717) is 17.4 Å². The molecule has 0 fully saturated rings. The average Bonchev–Trinajstić information content (AvgIpc) is 3.86. The average molecular weight is 1020 g/mol. The molecule has 0 aliphatic carbocycles. The Morgan fingerprint density at radius 3 is 2.05 bits per heavy atom. The van der Waals surface area contributed by atoms with Gasteiger partial charge in [-0.15, -0.1) is 53.6 Å². The number of furan rings is 1. The van der Waals surface area contributed by atoms with E-state index in [-0.39, 0.29) is 25.7 Å². The number of rotatable bonds is 8. The van der Waals surface area contributed by atoms with Crippen LogP contribution in [0.15, 0.2) is 132 Å². The maximum atomic E-state index is 8.48. The van der Waals surface area contributed by atoms with Crippen molar-refractivity contribution in [1.82, 2.24) is 14.5 Å². The molecule has 0 aliphatic heterocycles. The molecule has 6 aromatic carbocycles. The predicted octanol–water partition coefficient (Wildman–Crippen LogP) is 15.1. The molecule has 0 N–H and O–H groups in total. The van der Waals surface area contributed by atoms with Crippen molar-refractivity contribution in [3.63, 3.8) is 0 Å². The van der Waals surface area contributed by atoms with Crippen molar-refractivity contribution in [2.24, 2.45) is 0 Å². The third kappa shape index (κ3) is 8.79. The SMILES string of the molecule is [2H]C([2H])([2H])c1c[c-]c(-c2cc(C([2H])(C)C)c([Si](C)(C)C)cn2)cc1.[2H]C([2H])([2H])c1ccc(-c2ccc3c(c2)oc2c(-c4nc5ccccc5n4-c4c(C(C)C)cccc4C(C)C)[c-]ccc23)cc1.[Ir]. The second-order valence-corrected chi connectivity index (χ2v) is 22.7. The first-order valence-corrected chi connectivity index (χ1v) is 24.5. The molecule has 3 aromatic heterocycles. The molecule has 317 valence electrons. The van der Waals surface area contributed by atoms with Crippen molar-refractivity contribution in [3.05, 3.63) is 167 Å². The fourth-order valence-corrected chi connectivity index (χ4v) is 9.72. The molecular weight excluding hydrogens is 951 g/mol. The summed E-state index contributed by atoms with van der Waals surface area (Å²) in [7, 11) is -1.61. The van der Waals surface area contributed by atoms with Crippen LogP contribution in [0.1, 0.15) is 96.7 Å². The predicted molar refractivity (Wildman–Crippen MR) is 261 cm³/mol.